The smallest absolute Gasteiger partial charge is 0.318 e. The van der Waals surface area contributed by atoms with E-state index in [0.717, 1.165) is 12.5 Å². The predicted molar refractivity (Wildman–Crippen MR) is 70.0 cm³/mol. The Morgan fingerprint density at radius 3 is 2.43 bits per heavy atom. The fraction of sp³-hybridized carbons (Fsp3) is 0.462. The first kappa shape index (κ1) is 15.4. The fourth-order valence-electron chi connectivity index (χ4n) is 2.24. The third-order valence-corrected chi connectivity index (χ3v) is 3.38. The number of alkyl halides is 3. The molecule has 114 valence electrons. The lowest BCUT2D eigenvalue weighted by molar-refractivity contribution is -0.175. The highest BCUT2D eigenvalue weighted by Crippen LogP contribution is 2.35. The van der Waals surface area contributed by atoms with Crippen LogP contribution in [0.2, 0.25) is 0 Å². The van der Waals surface area contributed by atoms with Gasteiger partial charge in [-0.25, -0.2) is 0 Å². The van der Waals surface area contributed by atoms with Crippen molar-refractivity contribution in [2.45, 2.75) is 31.5 Å². The first-order valence-corrected chi connectivity index (χ1v) is 6.45. The number of nitrogens with one attached hydrogen (secondary N) is 1. The molecule has 0 radical (unpaired) electrons. The maximum absolute atomic E-state index is 12.8. The SMILES string of the molecule is CC(CC(N)(Cc1ccccc1)c1nn[nH]n1)C(F)(F)F. The van der Waals surface area contributed by atoms with Crippen molar-refractivity contribution in [3.63, 3.8) is 0 Å². The summed E-state index contributed by atoms with van der Waals surface area (Å²) in [6, 6.07) is 9.05. The molecule has 0 fully saturated rings. The molecule has 2 rings (SSSR count). The van der Waals surface area contributed by atoms with Gasteiger partial charge < -0.3 is 5.73 Å². The van der Waals surface area contributed by atoms with E-state index >= 15 is 0 Å². The van der Waals surface area contributed by atoms with Crippen molar-refractivity contribution < 1.29 is 13.2 Å². The molecule has 21 heavy (non-hydrogen) atoms. The third-order valence-electron chi connectivity index (χ3n) is 3.38. The van der Waals surface area contributed by atoms with E-state index in [1.165, 1.54) is 0 Å². The number of rotatable bonds is 5. The number of halogens is 3. The summed E-state index contributed by atoms with van der Waals surface area (Å²) in [5.41, 5.74) is 5.70. The van der Waals surface area contributed by atoms with Crippen LogP contribution in [0, 0.1) is 5.92 Å². The van der Waals surface area contributed by atoms with Crippen LogP contribution in [-0.2, 0) is 12.0 Å². The van der Waals surface area contributed by atoms with E-state index < -0.39 is 17.6 Å². The fourth-order valence-corrected chi connectivity index (χ4v) is 2.24. The zero-order chi connectivity index (χ0) is 15.5. The van der Waals surface area contributed by atoms with Crippen molar-refractivity contribution in [3.05, 3.63) is 41.7 Å². The van der Waals surface area contributed by atoms with Crippen LogP contribution >= 0.6 is 0 Å². The predicted octanol–water partition coefficient (Wildman–Crippen LogP) is 2.18. The topological polar surface area (TPSA) is 80.5 Å². The third kappa shape index (κ3) is 3.78. The van der Waals surface area contributed by atoms with Crippen molar-refractivity contribution in [3.8, 4) is 0 Å². The van der Waals surface area contributed by atoms with Crippen LogP contribution in [0.4, 0.5) is 13.2 Å². The Balaban J connectivity index is 2.27. The molecule has 5 nitrogen and oxygen atoms in total. The van der Waals surface area contributed by atoms with Crippen molar-refractivity contribution in [2.75, 3.05) is 0 Å². The van der Waals surface area contributed by atoms with Gasteiger partial charge in [0.05, 0.1) is 11.5 Å². The largest absolute Gasteiger partial charge is 0.391 e. The molecule has 0 aliphatic rings. The highest BCUT2D eigenvalue weighted by molar-refractivity contribution is 5.20. The van der Waals surface area contributed by atoms with Crippen LogP contribution in [-0.4, -0.2) is 26.8 Å². The minimum Gasteiger partial charge on any atom is -0.318 e. The lowest BCUT2D eigenvalue weighted by Gasteiger charge is -2.30. The Morgan fingerprint density at radius 1 is 1.24 bits per heavy atom. The minimum atomic E-state index is -4.31. The molecular weight excluding hydrogens is 283 g/mol. The Hall–Kier alpha value is -1.96. The summed E-state index contributed by atoms with van der Waals surface area (Å²) in [5, 5.41) is 13.2. The van der Waals surface area contributed by atoms with E-state index in [2.05, 4.69) is 20.6 Å². The van der Waals surface area contributed by atoms with Gasteiger partial charge in [-0.05, 0) is 18.4 Å². The Morgan fingerprint density at radius 2 is 1.90 bits per heavy atom. The Kier molecular flexibility index (Phi) is 4.26. The van der Waals surface area contributed by atoms with Gasteiger partial charge in [0.1, 0.15) is 0 Å². The van der Waals surface area contributed by atoms with Gasteiger partial charge in [0.15, 0.2) is 5.82 Å². The summed E-state index contributed by atoms with van der Waals surface area (Å²) >= 11 is 0. The summed E-state index contributed by atoms with van der Waals surface area (Å²) < 4.78 is 38.5. The molecule has 0 aliphatic heterocycles. The molecule has 0 saturated heterocycles. The highest BCUT2D eigenvalue weighted by Gasteiger charge is 2.43. The van der Waals surface area contributed by atoms with Gasteiger partial charge in [-0.15, -0.1) is 10.2 Å². The van der Waals surface area contributed by atoms with Crippen LogP contribution in [0.5, 0.6) is 0 Å². The minimum absolute atomic E-state index is 0.0856. The molecule has 2 atom stereocenters. The van der Waals surface area contributed by atoms with Gasteiger partial charge in [-0.2, -0.15) is 18.4 Å². The molecule has 0 aliphatic carbocycles. The average molecular weight is 299 g/mol. The average Bonchev–Trinajstić information content (AvgIpc) is 2.93. The van der Waals surface area contributed by atoms with Crippen molar-refractivity contribution in [2.24, 2.45) is 11.7 Å². The zero-order valence-electron chi connectivity index (χ0n) is 11.4. The standard InChI is InChI=1S/C13H16F3N5/c1-9(13(14,15)16)7-12(17,11-18-20-21-19-11)8-10-5-3-2-4-6-10/h2-6,9H,7-8,17H2,1H3,(H,18,19,20,21). The van der Waals surface area contributed by atoms with E-state index in [0.29, 0.717) is 0 Å². The van der Waals surface area contributed by atoms with E-state index in [1.54, 1.807) is 24.3 Å². The summed E-state index contributed by atoms with van der Waals surface area (Å²) in [5.74, 6) is -1.48. The van der Waals surface area contributed by atoms with Crippen LogP contribution < -0.4 is 5.73 Å². The number of hydrogen-bond acceptors (Lipinski definition) is 4. The molecule has 1 aromatic heterocycles. The van der Waals surface area contributed by atoms with E-state index in [4.69, 9.17) is 5.73 Å². The first-order valence-electron chi connectivity index (χ1n) is 6.45. The van der Waals surface area contributed by atoms with Crippen LogP contribution in [0.25, 0.3) is 0 Å². The molecule has 3 N–H and O–H groups in total. The van der Waals surface area contributed by atoms with Gasteiger partial charge in [0.25, 0.3) is 0 Å². The number of aromatic nitrogens is 4. The molecular formula is C13H16F3N5. The second-order valence-electron chi connectivity index (χ2n) is 5.20. The van der Waals surface area contributed by atoms with E-state index in [-0.39, 0.29) is 18.7 Å². The highest BCUT2D eigenvalue weighted by atomic mass is 19.4. The molecule has 0 spiro atoms. The monoisotopic (exact) mass is 299 g/mol. The molecule has 0 bridgehead atoms. The number of nitrogens with two attached hydrogens (primary N) is 1. The maximum atomic E-state index is 12.8. The second-order valence-corrected chi connectivity index (χ2v) is 5.20. The molecule has 2 aromatic rings. The van der Waals surface area contributed by atoms with E-state index in [9.17, 15) is 13.2 Å². The molecule has 2 unspecified atom stereocenters. The van der Waals surface area contributed by atoms with E-state index in [1.807, 2.05) is 6.07 Å². The van der Waals surface area contributed by atoms with Crippen molar-refractivity contribution >= 4 is 0 Å². The van der Waals surface area contributed by atoms with Gasteiger partial charge >= 0.3 is 6.18 Å². The van der Waals surface area contributed by atoms with Gasteiger partial charge in [-0.1, -0.05) is 42.5 Å². The zero-order valence-corrected chi connectivity index (χ0v) is 11.4. The quantitative estimate of drug-likeness (QED) is 0.886. The Labute approximate surface area is 119 Å². The lowest BCUT2D eigenvalue weighted by Crippen LogP contribution is -2.44. The molecule has 0 amide bonds. The molecule has 0 saturated carbocycles. The lowest BCUT2D eigenvalue weighted by atomic mass is 9.82. The molecule has 1 heterocycles. The number of tetrazole rings is 1. The number of H-pyrrole nitrogens is 1. The van der Waals surface area contributed by atoms with Gasteiger partial charge in [-0.3, -0.25) is 0 Å². The Bertz CT molecular complexity index is 555. The summed E-state index contributed by atoms with van der Waals surface area (Å²) in [7, 11) is 0. The second kappa shape index (κ2) is 5.80. The number of nitrogens with zero attached hydrogens (tertiary/aromatic N) is 3. The number of hydrogen-bond donors (Lipinski definition) is 2. The summed E-state index contributed by atoms with van der Waals surface area (Å²) in [6.07, 6.45) is -4.43. The van der Waals surface area contributed by atoms with Crippen LogP contribution in [0.3, 0.4) is 0 Å². The van der Waals surface area contributed by atoms with Crippen molar-refractivity contribution in [1.82, 2.24) is 20.6 Å². The number of aromatic amines is 1. The summed E-state index contributed by atoms with van der Waals surface area (Å²) in [4.78, 5) is 0. The van der Waals surface area contributed by atoms with Gasteiger partial charge in [0, 0.05) is 0 Å². The first-order chi connectivity index (χ1) is 9.81. The molecule has 8 heteroatoms. The summed E-state index contributed by atoms with van der Waals surface area (Å²) in [6.45, 7) is 1.10. The molecule has 1 aromatic carbocycles. The number of benzene rings is 1. The maximum Gasteiger partial charge on any atom is 0.391 e. The van der Waals surface area contributed by atoms with Crippen LogP contribution in [0.15, 0.2) is 30.3 Å². The van der Waals surface area contributed by atoms with Gasteiger partial charge in [0.2, 0.25) is 0 Å². The van der Waals surface area contributed by atoms with Crippen LogP contribution in [0.1, 0.15) is 24.7 Å². The normalized spacial score (nSPS) is 16.4. The van der Waals surface area contributed by atoms with Crippen molar-refractivity contribution in [1.29, 1.82) is 0 Å².